The number of nitrogens with two attached hydrogens (primary N) is 1. The molecule has 6 heteroatoms. The Morgan fingerprint density at radius 2 is 1.73 bits per heavy atom. The number of hydrogen-bond acceptors (Lipinski definition) is 3. The van der Waals surface area contributed by atoms with Gasteiger partial charge in [0, 0.05) is 16.1 Å². The molecule has 0 spiro atoms. The van der Waals surface area contributed by atoms with Crippen LogP contribution < -0.4 is 15.8 Å². The lowest BCUT2D eigenvalue weighted by atomic mass is 10.1. The van der Waals surface area contributed by atoms with E-state index in [0.717, 1.165) is 22.0 Å². The highest BCUT2D eigenvalue weighted by Gasteiger charge is 2.12. The molecule has 0 saturated carbocycles. The third kappa shape index (κ3) is 5.94. The number of para-hydroxylation sites is 1. The first-order chi connectivity index (χ1) is 14.4. The lowest BCUT2D eigenvalue weighted by molar-refractivity contribution is 0.0939. The maximum Gasteiger partial charge on any atom is 0.252 e. The average molecular weight is 467 g/mol. The number of carbonyl (C=O) groups is 2. The Balaban J connectivity index is 1.61. The Hall–Kier alpha value is -3.12. The average Bonchev–Trinajstić information content (AvgIpc) is 2.74. The number of halogens is 1. The van der Waals surface area contributed by atoms with E-state index < -0.39 is 5.91 Å². The van der Waals surface area contributed by atoms with Crippen LogP contribution in [-0.4, -0.2) is 17.9 Å². The predicted octanol–water partition coefficient (Wildman–Crippen LogP) is 4.49. The Morgan fingerprint density at radius 1 is 1.00 bits per heavy atom. The zero-order valence-corrected chi connectivity index (χ0v) is 18.2. The van der Waals surface area contributed by atoms with Crippen molar-refractivity contribution >= 4 is 27.7 Å². The van der Waals surface area contributed by atoms with Gasteiger partial charge in [-0.25, -0.2) is 0 Å². The fourth-order valence-corrected chi connectivity index (χ4v) is 3.36. The number of ether oxygens (including phenoxy) is 1. The van der Waals surface area contributed by atoms with Gasteiger partial charge in [-0.15, -0.1) is 0 Å². The molecule has 5 nitrogen and oxygen atoms in total. The predicted molar refractivity (Wildman–Crippen MR) is 121 cm³/mol. The first-order valence-electron chi connectivity index (χ1n) is 9.58. The smallest absolute Gasteiger partial charge is 0.252 e. The van der Waals surface area contributed by atoms with Crippen molar-refractivity contribution in [1.29, 1.82) is 0 Å². The zero-order valence-electron chi connectivity index (χ0n) is 16.6. The van der Waals surface area contributed by atoms with E-state index in [0.29, 0.717) is 16.9 Å². The topological polar surface area (TPSA) is 81.4 Å². The van der Waals surface area contributed by atoms with E-state index in [1.807, 2.05) is 43.3 Å². The minimum atomic E-state index is -0.543. The molecular weight excluding hydrogens is 444 g/mol. The van der Waals surface area contributed by atoms with Crippen molar-refractivity contribution in [2.75, 3.05) is 0 Å². The molecule has 2 amide bonds. The van der Waals surface area contributed by atoms with Crippen molar-refractivity contribution < 1.29 is 14.3 Å². The van der Waals surface area contributed by atoms with Crippen LogP contribution in [0.1, 0.15) is 38.8 Å². The number of rotatable bonds is 8. The largest absolute Gasteiger partial charge is 0.488 e. The normalized spacial score (nSPS) is 11.5. The molecule has 0 radical (unpaired) electrons. The highest BCUT2D eigenvalue weighted by molar-refractivity contribution is 9.10. The van der Waals surface area contributed by atoms with E-state index in [9.17, 15) is 9.59 Å². The third-order valence-electron chi connectivity index (χ3n) is 4.57. The molecule has 3 aromatic rings. The number of nitrogens with one attached hydrogen (secondary N) is 1. The highest BCUT2D eigenvalue weighted by Crippen LogP contribution is 2.19. The van der Waals surface area contributed by atoms with Crippen LogP contribution in [-0.2, 0) is 13.0 Å². The van der Waals surface area contributed by atoms with Crippen LogP contribution in [0.25, 0.3) is 0 Å². The maximum atomic E-state index is 12.6. The van der Waals surface area contributed by atoms with Gasteiger partial charge in [0.15, 0.2) is 0 Å². The molecule has 3 N–H and O–H groups in total. The fourth-order valence-electron chi connectivity index (χ4n) is 3.09. The van der Waals surface area contributed by atoms with Crippen LogP contribution >= 0.6 is 15.9 Å². The second-order valence-electron chi connectivity index (χ2n) is 7.05. The SMILES string of the molecule is CC(Cc1ccc(Br)cc1)NC(=O)c1cccc(COc2ccccc2C(N)=O)c1. The summed E-state index contributed by atoms with van der Waals surface area (Å²) in [7, 11) is 0. The van der Waals surface area contributed by atoms with Crippen LogP contribution in [0.2, 0.25) is 0 Å². The summed E-state index contributed by atoms with van der Waals surface area (Å²) in [5.74, 6) is -0.263. The van der Waals surface area contributed by atoms with E-state index in [4.69, 9.17) is 10.5 Å². The molecule has 0 fully saturated rings. The monoisotopic (exact) mass is 466 g/mol. The standard InChI is InChI=1S/C24H23BrN2O3/c1-16(13-17-9-11-20(25)12-10-17)27-24(29)19-6-4-5-18(14-19)15-30-22-8-3-2-7-21(22)23(26)28/h2-12,14,16H,13,15H2,1H3,(H2,26,28)(H,27,29). The van der Waals surface area contributed by atoms with Gasteiger partial charge < -0.3 is 15.8 Å². The number of primary amides is 1. The van der Waals surface area contributed by atoms with Crippen molar-refractivity contribution in [3.05, 3.63) is 99.5 Å². The van der Waals surface area contributed by atoms with Crippen molar-refractivity contribution in [3.8, 4) is 5.75 Å². The molecule has 0 aliphatic rings. The van der Waals surface area contributed by atoms with E-state index >= 15 is 0 Å². The van der Waals surface area contributed by atoms with Crippen LogP contribution in [0.4, 0.5) is 0 Å². The van der Waals surface area contributed by atoms with Gasteiger partial charge in [0.2, 0.25) is 0 Å². The number of carbonyl (C=O) groups excluding carboxylic acids is 2. The van der Waals surface area contributed by atoms with Crippen LogP contribution in [0, 0.1) is 0 Å². The number of amides is 2. The molecule has 3 rings (SSSR count). The molecule has 0 aromatic heterocycles. The molecule has 0 saturated heterocycles. The van der Waals surface area contributed by atoms with Crippen molar-refractivity contribution in [2.24, 2.45) is 5.73 Å². The van der Waals surface area contributed by atoms with E-state index in [2.05, 4.69) is 21.2 Å². The van der Waals surface area contributed by atoms with E-state index in [1.165, 1.54) is 0 Å². The van der Waals surface area contributed by atoms with Gasteiger partial charge in [-0.2, -0.15) is 0 Å². The quantitative estimate of drug-likeness (QED) is 0.513. The fraction of sp³-hybridized carbons (Fsp3) is 0.167. The minimum Gasteiger partial charge on any atom is -0.488 e. The first kappa shape index (κ1) is 21.6. The van der Waals surface area contributed by atoms with E-state index in [-0.39, 0.29) is 18.6 Å². The van der Waals surface area contributed by atoms with Crippen molar-refractivity contribution in [3.63, 3.8) is 0 Å². The summed E-state index contributed by atoms with van der Waals surface area (Å²) in [5, 5.41) is 3.03. The van der Waals surface area contributed by atoms with Crippen LogP contribution in [0.15, 0.2) is 77.3 Å². The second kappa shape index (κ2) is 10.1. The molecular formula is C24H23BrN2O3. The lowest BCUT2D eigenvalue weighted by Crippen LogP contribution is -2.34. The van der Waals surface area contributed by atoms with Gasteiger partial charge >= 0.3 is 0 Å². The Kier molecular flexibility index (Phi) is 7.25. The lowest BCUT2D eigenvalue weighted by Gasteiger charge is -2.15. The van der Waals surface area contributed by atoms with Gasteiger partial charge in [0.25, 0.3) is 11.8 Å². The molecule has 3 aromatic carbocycles. The minimum absolute atomic E-state index is 0.0129. The molecule has 0 aliphatic heterocycles. The number of hydrogen-bond donors (Lipinski definition) is 2. The summed E-state index contributed by atoms with van der Waals surface area (Å²) < 4.78 is 6.78. The van der Waals surface area contributed by atoms with Crippen molar-refractivity contribution in [1.82, 2.24) is 5.32 Å². The first-order valence-corrected chi connectivity index (χ1v) is 10.4. The summed E-state index contributed by atoms with van der Waals surface area (Å²) in [6.07, 6.45) is 0.742. The maximum absolute atomic E-state index is 12.6. The Morgan fingerprint density at radius 3 is 2.47 bits per heavy atom. The Labute approximate surface area is 184 Å². The van der Waals surface area contributed by atoms with Crippen LogP contribution in [0.3, 0.4) is 0 Å². The second-order valence-corrected chi connectivity index (χ2v) is 7.97. The number of benzene rings is 3. The van der Waals surface area contributed by atoms with Gasteiger partial charge in [0.05, 0.1) is 5.56 Å². The summed E-state index contributed by atoms with van der Waals surface area (Å²) >= 11 is 3.42. The molecule has 0 bridgehead atoms. The Bertz CT molecular complexity index is 1030. The van der Waals surface area contributed by atoms with Gasteiger partial charge in [-0.1, -0.05) is 52.3 Å². The van der Waals surface area contributed by atoms with E-state index in [1.54, 1.807) is 36.4 Å². The molecule has 1 unspecified atom stereocenters. The van der Waals surface area contributed by atoms with Crippen molar-refractivity contribution in [2.45, 2.75) is 26.0 Å². The molecule has 0 aliphatic carbocycles. The third-order valence-corrected chi connectivity index (χ3v) is 5.10. The zero-order chi connectivity index (χ0) is 21.5. The van der Waals surface area contributed by atoms with Gasteiger partial charge in [-0.05, 0) is 60.9 Å². The van der Waals surface area contributed by atoms with Gasteiger partial charge in [-0.3, -0.25) is 9.59 Å². The summed E-state index contributed by atoms with van der Waals surface area (Å²) in [5.41, 5.74) is 8.24. The molecule has 30 heavy (non-hydrogen) atoms. The molecule has 154 valence electrons. The highest BCUT2D eigenvalue weighted by atomic mass is 79.9. The molecule has 1 atom stereocenters. The van der Waals surface area contributed by atoms with Crippen LogP contribution in [0.5, 0.6) is 5.75 Å². The summed E-state index contributed by atoms with van der Waals surface area (Å²) in [4.78, 5) is 24.2. The summed E-state index contributed by atoms with van der Waals surface area (Å²) in [6.45, 7) is 2.20. The van der Waals surface area contributed by atoms with Gasteiger partial charge in [0.1, 0.15) is 12.4 Å². The molecule has 0 heterocycles. The summed E-state index contributed by atoms with van der Waals surface area (Å²) in [6, 6.07) is 22.1.